The van der Waals surface area contributed by atoms with Crippen LogP contribution >= 0.6 is 11.6 Å². The molecule has 1 aliphatic rings. The molecule has 1 N–H and O–H groups in total. The standard InChI is InChI=1S/C12H19ClN2O2/c1-2-15-12(10(13)8-14-15)11(16)7-9-5-3-4-6-17-9/h8-9,11,16H,2-7H2,1H3. The van der Waals surface area contributed by atoms with Gasteiger partial charge in [-0.15, -0.1) is 0 Å². The van der Waals surface area contributed by atoms with Gasteiger partial charge in [-0.2, -0.15) is 5.10 Å². The molecular formula is C12H19ClN2O2. The Labute approximate surface area is 107 Å². The van der Waals surface area contributed by atoms with Crippen LogP contribution in [0.2, 0.25) is 5.02 Å². The van der Waals surface area contributed by atoms with Crippen LogP contribution in [-0.4, -0.2) is 27.6 Å². The molecule has 96 valence electrons. The third-order valence-corrected chi connectivity index (χ3v) is 3.50. The second-order valence-electron chi connectivity index (χ2n) is 4.43. The lowest BCUT2D eigenvalue weighted by Crippen LogP contribution is -2.22. The summed E-state index contributed by atoms with van der Waals surface area (Å²) >= 11 is 6.05. The molecule has 4 nitrogen and oxygen atoms in total. The van der Waals surface area contributed by atoms with Crippen LogP contribution < -0.4 is 0 Å². The Morgan fingerprint density at radius 3 is 3.12 bits per heavy atom. The minimum absolute atomic E-state index is 0.148. The molecule has 0 radical (unpaired) electrons. The fourth-order valence-electron chi connectivity index (χ4n) is 2.31. The van der Waals surface area contributed by atoms with E-state index in [9.17, 15) is 5.11 Å². The number of ether oxygens (including phenoxy) is 1. The maximum Gasteiger partial charge on any atom is 0.0996 e. The van der Waals surface area contributed by atoms with Crippen LogP contribution in [0, 0.1) is 0 Å². The van der Waals surface area contributed by atoms with Crippen LogP contribution in [0.3, 0.4) is 0 Å². The first-order valence-corrected chi connectivity index (χ1v) is 6.61. The third-order valence-electron chi connectivity index (χ3n) is 3.21. The molecule has 2 heterocycles. The molecule has 0 bridgehead atoms. The van der Waals surface area contributed by atoms with Crippen molar-refractivity contribution in [2.45, 2.75) is 51.4 Å². The minimum atomic E-state index is -0.590. The van der Waals surface area contributed by atoms with Crippen LogP contribution in [0.15, 0.2) is 6.20 Å². The number of nitrogens with zero attached hydrogens (tertiary/aromatic N) is 2. The highest BCUT2D eigenvalue weighted by Crippen LogP contribution is 2.29. The van der Waals surface area contributed by atoms with Crippen molar-refractivity contribution in [3.8, 4) is 0 Å². The maximum atomic E-state index is 10.2. The molecule has 2 unspecified atom stereocenters. The first kappa shape index (κ1) is 12.9. The second-order valence-corrected chi connectivity index (χ2v) is 4.84. The monoisotopic (exact) mass is 258 g/mol. The summed E-state index contributed by atoms with van der Waals surface area (Å²) in [7, 11) is 0. The number of hydrogen-bond acceptors (Lipinski definition) is 3. The lowest BCUT2D eigenvalue weighted by molar-refractivity contribution is -0.0170. The van der Waals surface area contributed by atoms with Crippen molar-refractivity contribution in [2.24, 2.45) is 0 Å². The summed E-state index contributed by atoms with van der Waals surface area (Å²) in [6.45, 7) is 3.50. The molecule has 0 aliphatic carbocycles. The van der Waals surface area contributed by atoms with Gasteiger partial charge < -0.3 is 9.84 Å². The van der Waals surface area contributed by atoms with Crippen molar-refractivity contribution in [2.75, 3.05) is 6.61 Å². The summed E-state index contributed by atoms with van der Waals surface area (Å²) in [5.41, 5.74) is 0.711. The van der Waals surface area contributed by atoms with E-state index in [-0.39, 0.29) is 6.10 Å². The van der Waals surface area contributed by atoms with Crippen LogP contribution in [0.4, 0.5) is 0 Å². The van der Waals surface area contributed by atoms with E-state index in [1.807, 2.05) is 6.92 Å². The fourth-order valence-corrected chi connectivity index (χ4v) is 2.58. The molecule has 5 heteroatoms. The zero-order chi connectivity index (χ0) is 12.3. The zero-order valence-corrected chi connectivity index (χ0v) is 10.9. The number of aliphatic hydroxyl groups is 1. The molecule has 1 aromatic heterocycles. The van der Waals surface area contributed by atoms with Crippen LogP contribution in [-0.2, 0) is 11.3 Å². The predicted octanol–water partition coefficient (Wildman–Crippen LogP) is 2.55. The van der Waals surface area contributed by atoms with E-state index in [1.165, 1.54) is 6.42 Å². The highest BCUT2D eigenvalue weighted by Gasteiger charge is 2.23. The molecule has 0 saturated carbocycles. The van der Waals surface area contributed by atoms with Gasteiger partial charge in [0.1, 0.15) is 0 Å². The smallest absolute Gasteiger partial charge is 0.0996 e. The summed E-state index contributed by atoms with van der Waals surface area (Å²) in [6.07, 6.45) is 5.08. The molecule has 0 aromatic carbocycles. The van der Waals surface area contributed by atoms with Gasteiger partial charge in [0.2, 0.25) is 0 Å². The Morgan fingerprint density at radius 2 is 2.47 bits per heavy atom. The van der Waals surface area contributed by atoms with Gasteiger partial charge in [0.15, 0.2) is 0 Å². The molecule has 17 heavy (non-hydrogen) atoms. The molecule has 1 aliphatic heterocycles. The average molecular weight is 259 g/mol. The molecule has 0 amide bonds. The molecule has 1 fully saturated rings. The zero-order valence-electron chi connectivity index (χ0n) is 10.1. The number of aryl methyl sites for hydroxylation is 1. The summed E-state index contributed by atoms with van der Waals surface area (Å²) in [5, 5.41) is 14.9. The van der Waals surface area contributed by atoms with E-state index in [2.05, 4.69) is 5.10 Å². The maximum absolute atomic E-state index is 10.2. The van der Waals surface area contributed by atoms with Crippen LogP contribution in [0.25, 0.3) is 0 Å². The molecular weight excluding hydrogens is 240 g/mol. The van der Waals surface area contributed by atoms with Gasteiger partial charge in [-0.3, -0.25) is 4.68 Å². The first-order valence-electron chi connectivity index (χ1n) is 6.23. The van der Waals surface area contributed by atoms with Gasteiger partial charge in [-0.05, 0) is 26.2 Å². The Hall–Kier alpha value is -0.580. The largest absolute Gasteiger partial charge is 0.387 e. The van der Waals surface area contributed by atoms with Crippen LogP contribution in [0.1, 0.15) is 44.4 Å². The van der Waals surface area contributed by atoms with Gasteiger partial charge in [0, 0.05) is 19.6 Å². The van der Waals surface area contributed by atoms with Gasteiger partial charge in [0.05, 0.1) is 29.1 Å². The molecule has 1 aromatic rings. The summed E-state index contributed by atoms with van der Waals surface area (Å²) < 4.78 is 7.37. The van der Waals surface area contributed by atoms with E-state index in [0.717, 1.165) is 19.4 Å². The highest BCUT2D eigenvalue weighted by molar-refractivity contribution is 6.31. The molecule has 2 rings (SSSR count). The minimum Gasteiger partial charge on any atom is -0.387 e. The van der Waals surface area contributed by atoms with E-state index in [4.69, 9.17) is 16.3 Å². The normalized spacial score (nSPS) is 22.6. The van der Waals surface area contributed by atoms with Gasteiger partial charge in [-0.25, -0.2) is 0 Å². The van der Waals surface area contributed by atoms with Gasteiger partial charge in [-0.1, -0.05) is 11.6 Å². The van der Waals surface area contributed by atoms with Crippen molar-refractivity contribution in [1.82, 2.24) is 9.78 Å². The second kappa shape index (κ2) is 5.85. The van der Waals surface area contributed by atoms with E-state index in [1.54, 1.807) is 10.9 Å². The van der Waals surface area contributed by atoms with E-state index < -0.39 is 6.10 Å². The summed E-state index contributed by atoms with van der Waals surface area (Å²) in [4.78, 5) is 0. The van der Waals surface area contributed by atoms with E-state index >= 15 is 0 Å². The Kier molecular flexibility index (Phi) is 4.42. The Balaban J connectivity index is 2.02. The number of halogens is 1. The van der Waals surface area contributed by atoms with Crippen molar-refractivity contribution >= 4 is 11.6 Å². The van der Waals surface area contributed by atoms with Crippen molar-refractivity contribution < 1.29 is 9.84 Å². The van der Waals surface area contributed by atoms with E-state index in [0.29, 0.717) is 23.7 Å². The lowest BCUT2D eigenvalue weighted by atomic mass is 10.0. The molecule has 0 spiro atoms. The van der Waals surface area contributed by atoms with Crippen molar-refractivity contribution in [3.05, 3.63) is 16.9 Å². The lowest BCUT2D eigenvalue weighted by Gasteiger charge is -2.25. The Bertz CT molecular complexity index is 361. The first-order chi connectivity index (χ1) is 8.22. The number of aliphatic hydroxyl groups excluding tert-OH is 1. The molecule has 2 atom stereocenters. The van der Waals surface area contributed by atoms with Gasteiger partial charge >= 0.3 is 0 Å². The number of rotatable bonds is 4. The predicted molar refractivity (Wildman–Crippen MR) is 66.1 cm³/mol. The fraction of sp³-hybridized carbons (Fsp3) is 0.750. The molecule has 1 saturated heterocycles. The Morgan fingerprint density at radius 1 is 1.65 bits per heavy atom. The average Bonchev–Trinajstić information content (AvgIpc) is 2.71. The SMILES string of the molecule is CCn1ncc(Cl)c1C(O)CC1CCCCO1. The van der Waals surface area contributed by atoms with Crippen LogP contribution in [0.5, 0.6) is 0 Å². The summed E-state index contributed by atoms with van der Waals surface area (Å²) in [6, 6.07) is 0. The topological polar surface area (TPSA) is 47.3 Å². The quantitative estimate of drug-likeness (QED) is 0.903. The van der Waals surface area contributed by atoms with Crippen molar-refractivity contribution in [1.29, 1.82) is 0 Å². The third kappa shape index (κ3) is 3.00. The summed E-state index contributed by atoms with van der Waals surface area (Å²) in [5.74, 6) is 0. The number of aromatic nitrogens is 2. The highest BCUT2D eigenvalue weighted by atomic mass is 35.5. The van der Waals surface area contributed by atoms with Gasteiger partial charge in [0.25, 0.3) is 0 Å². The number of hydrogen-bond donors (Lipinski definition) is 1. The van der Waals surface area contributed by atoms with Crippen molar-refractivity contribution in [3.63, 3.8) is 0 Å².